The molecular weight excluding hydrogens is 374 g/mol. The van der Waals surface area contributed by atoms with Crippen molar-refractivity contribution in [2.75, 3.05) is 31.1 Å². The van der Waals surface area contributed by atoms with Gasteiger partial charge < -0.3 is 19.9 Å². The standard InChI is InChI=1S/C18H20F2N4O4/c19-18(20)28-13-8-11(23-5-3-21-4-6-23)7-10-9-24(17(27)15(10)13)12-1-2-14(25)22-16(12)26/h7-8,12,18,21H,1-6,9H2,(H,22,25,26). The van der Waals surface area contributed by atoms with Crippen LogP contribution in [0.3, 0.4) is 0 Å². The minimum atomic E-state index is -3.07. The molecule has 0 radical (unpaired) electrons. The summed E-state index contributed by atoms with van der Waals surface area (Å²) in [7, 11) is 0. The lowest BCUT2D eigenvalue weighted by molar-refractivity contribution is -0.136. The number of fused-ring (bicyclic) bond motifs is 1. The molecule has 0 aliphatic carbocycles. The number of alkyl halides is 2. The van der Waals surface area contributed by atoms with Gasteiger partial charge in [-0.15, -0.1) is 0 Å². The van der Waals surface area contributed by atoms with E-state index in [0.717, 1.165) is 13.1 Å². The summed E-state index contributed by atoms with van der Waals surface area (Å²) in [6.45, 7) is -0.0118. The first-order valence-corrected chi connectivity index (χ1v) is 9.16. The first-order chi connectivity index (χ1) is 13.4. The average molecular weight is 394 g/mol. The van der Waals surface area contributed by atoms with E-state index >= 15 is 0 Å². The first kappa shape index (κ1) is 18.6. The van der Waals surface area contributed by atoms with Crippen LogP contribution in [0.5, 0.6) is 5.75 Å². The van der Waals surface area contributed by atoms with Gasteiger partial charge in [0.15, 0.2) is 0 Å². The molecule has 150 valence electrons. The molecule has 2 saturated heterocycles. The molecule has 1 aromatic carbocycles. The van der Waals surface area contributed by atoms with Gasteiger partial charge in [0.05, 0.1) is 5.56 Å². The van der Waals surface area contributed by atoms with Crippen molar-refractivity contribution in [1.82, 2.24) is 15.5 Å². The fourth-order valence-electron chi connectivity index (χ4n) is 3.95. The van der Waals surface area contributed by atoms with Crippen LogP contribution in [0.2, 0.25) is 0 Å². The summed E-state index contributed by atoms with van der Waals surface area (Å²) in [6.07, 6.45) is 0.336. The number of anilines is 1. The lowest BCUT2D eigenvalue weighted by Crippen LogP contribution is -2.52. The van der Waals surface area contributed by atoms with Gasteiger partial charge in [-0.25, -0.2) is 0 Å². The number of piperidine rings is 1. The Morgan fingerprint density at radius 2 is 1.89 bits per heavy atom. The molecular formula is C18H20F2N4O4. The van der Waals surface area contributed by atoms with Gasteiger partial charge in [-0.2, -0.15) is 8.78 Å². The molecule has 3 aliphatic heterocycles. The van der Waals surface area contributed by atoms with Gasteiger partial charge in [0.2, 0.25) is 11.8 Å². The quantitative estimate of drug-likeness (QED) is 0.721. The fourth-order valence-corrected chi connectivity index (χ4v) is 3.95. The van der Waals surface area contributed by atoms with Crippen LogP contribution in [0.25, 0.3) is 0 Å². The Labute approximate surface area is 159 Å². The number of hydrogen-bond donors (Lipinski definition) is 2. The van der Waals surface area contributed by atoms with Crippen LogP contribution < -0.4 is 20.3 Å². The van der Waals surface area contributed by atoms with Gasteiger partial charge in [0.25, 0.3) is 5.91 Å². The van der Waals surface area contributed by atoms with Crippen molar-refractivity contribution in [2.24, 2.45) is 0 Å². The normalized spacial score (nSPS) is 22.5. The van der Waals surface area contributed by atoms with E-state index in [-0.39, 0.29) is 36.6 Å². The second-order valence-corrected chi connectivity index (χ2v) is 6.99. The smallest absolute Gasteiger partial charge is 0.387 e. The Kier molecular flexibility index (Phi) is 4.88. The van der Waals surface area contributed by atoms with Crippen LogP contribution >= 0.6 is 0 Å². The zero-order chi connectivity index (χ0) is 19.8. The monoisotopic (exact) mass is 394 g/mol. The van der Waals surface area contributed by atoms with E-state index in [1.54, 1.807) is 6.07 Å². The number of hydrogen-bond acceptors (Lipinski definition) is 6. The highest BCUT2D eigenvalue weighted by molar-refractivity contribution is 6.06. The Morgan fingerprint density at radius 3 is 2.57 bits per heavy atom. The maximum Gasteiger partial charge on any atom is 0.387 e. The highest BCUT2D eigenvalue weighted by Crippen LogP contribution is 2.38. The van der Waals surface area contributed by atoms with E-state index < -0.39 is 24.5 Å². The number of nitrogens with zero attached hydrogens (tertiary/aromatic N) is 2. The molecule has 10 heteroatoms. The Balaban J connectivity index is 1.67. The van der Waals surface area contributed by atoms with Crippen LogP contribution in [-0.4, -0.2) is 61.5 Å². The fraction of sp³-hybridized carbons (Fsp3) is 0.500. The molecule has 1 aromatic rings. The molecule has 4 rings (SSSR count). The van der Waals surface area contributed by atoms with E-state index in [2.05, 4.69) is 15.4 Å². The second kappa shape index (κ2) is 7.34. The van der Waals surface area contributed by atoms with Crippen molar-refractivity contribution in [1.29, 1.82) is 0 Å². The summed E-state index contributed by atoms with van der Waals surface area (Å²) in [5.74, 6) is -1.64. The number of carbonyl (C=O) groups is 3. The lowest BCUT2D eigenvalue weighted by atomic mass is 10.0. The summed E-state index contributed by atoms with van der Waals surface area (Å²) < 4.78 is 30.6. The van der Waals surface area contributed by atoms with Crippen molar-refractivity contribution in [3.05, 3.63) is 23.3 Å². The summed E-state index contributed by atoms with van der Waals surface area (Å²) in [4.78, 5) is 39.8. The molecule has 3 heterocycles. The van der Waals surface area contributed by atoms with Gasteiger partial charge in [-0.1, -0.05) is 0 Å². The average Bonchev–Trinajstić information content (AvgIpc) is 2.99. The third-order valence-corrected chi connectivity index (χ3v) is 5.27. The van der Waals surface area contributed by atoms with E-state index in [9.17, 15) is 23.2 Å². The number of halogens is 2. The summed E-state index contributed by atoms with van der Waals surface area (Å²) in [5, 5.41) is 5.45. The molecule has 3 amide bonds. The third-order valence-electron chi connectivity index (χ3n) is 5.27. The van der Waals surface area contributed by atoms with Gasteiger partial charge in [0.1, 0.15) is 11.8 Å². The number of rotatable bonds is 4. The van der Waals surface area contributed by atoms with E-state index in [4.69, 9.17) is 0 Å². The zero-order valence-electron chi connectivity index (χ0n) is 15.0. The van der Waals surface area contributed by atoms with Crippen molar-refractivity contribution in [3.8, 4) is 5.75 Å². The van der Waals surface area contributed by atoms with Crippen molar-refractivity contribution >= 4 is 23.4 Å². The molecule has 2 fully saturated rings. The summed E-state index contributed by atoms with van der Waals surface area (Å²) in [6, 6.07) is 2.45. The van der Waals surface area contributed by atoms with E-state index in [1.807, 2.05) is 4.90 Å². The number of carbonyl (C=O) groups excluding carboxylic acids is 3. The highest BCUT2D eigenvalue weighted by atomic mass is 19.3. The Bertz CT molecular complexity index is 826. The Morgan fingerprint density at radius 1 is 1.14 bits per heavy atom. The number of benzene rings is 1. The number of nitrogens with one attached hydrogen (secondary N) is 2. The predicted octanol–water partition coefficient (Wildman–Crippen LogP) is 0.459. The maximum atomic E-state index is 13.0. The molecule has 3 aliphatic rings. The van der Waals surface area contributed by atoms with Crippen LogP contribution in [0.4, 0.5) is 14.5 Å². The maximum absolute atomic E-state index is 13.0. The number of imide groups is 1. The summed E-state index contributed by atoms with van der Waals surface area (Å²) >= 11 is 0. The van der Waals surface area contributed by atoms with Gasteiger partial charge >= 0.3 is 6.61 Å². The zero-order valence-corrected chi connectivity index (χ0v) is 15.0. The number of ether oxygens (including phenoxy) is 1. The van der Waals surface area contributed by atoms with Crippen LogP contribution in [0.15, 0.2) is 12.1 Å². The molecule has 0 saturated carbocycles. The molecule has 28 heavy (non-hydrogen) atoms. The minimum absolute atomic E-state index is 0.0592. The SMILES string of the molecule is O=C1CCC(N2Cc3cc(N4CCNCC4)cc(OC(F)F)c3C2=O)C(=O)N1. The Hall–Kier alpha value is -2.75. The van der Waals surface area contributed by atoms with E-state index in [0.29, 0.717) is 24.3 Å². The number of piperazine rings is 1. The molecule has 8 nitrogen and oxygen atoms in total. The largest absolute Gasteiger partial charge is 0.434 e. The molecule has 2 N–H and O–H groups in total. The van der Waals surface area contributed by atoms with E-state index in [1.165, 1.54) is 11.0 Å². The topological polar surface area (TPSA) is 91.0 Å². The van der Waals surface area contributed by atoms with Gasteiger partial charge in [-0.3, -0.25) is 19.7 Å². The molecule has 1 atom stereocenters. The van der Waals surface area contributed by atoms with Gasteiger partial charge in [-0.05, 0) is 18.1 Å². The van der Waals surface area contributed by atoms with Crippen LogP contribution in [0, 0.1) is 0 Å². The van der Waals surface area contributed by atoms with Crippen molar-refractivity contribution in [3.63, 3.8) is 0 Å². The molecule has 0 bridgehead atoms. The lowest BCUT2D eigenvalue weighted by Gasteiger charge is -2.30. The predicted molar refractivity (Wildman–Crippen MR) is 94.2 cm³/mol. The second-order valence-electron chi connectivity index (χ2n) is 6.99. The highest BCUT2D eigenvalue weighted by Gasteiger charge is 2.41. The number of amides is 3. The molecule has 0 aromatic heterocycles. The molecule has 1 unspecified atom stereocenters. The van der Waals surface area contributed by atoms with Gasteiger partial charge in [0, 0.05) is 50.9 Å². The third kappa shape index (κ3) is 3.39. The minimum Gasteiger partial charge on any atom is -0.434 e. The first-order valence-electron chi connectivity index (χ1n) is 9.16. The molecule has 0 spiro atoms. The summed E-state index contributed by atoms with van der Waals surface area (Å²) in [5.41, 5.74) is 1.30. The van der Waals surface area contributed by atoms with Crippen molar-refractivity contribution in [2.45, 2.75) is 32.0 Å². The van der Waals surface area contributed by atoms with Crippen LogP contribution in [-0.2, 0) is 16.1 Å². The van der Waals surface area contributed by atoms with Crippen LogP contribution in [0.1, 0.15) is 28.8 Å². The van der Waals surface area contributed by atoms with Crippen molar-refractivity contribution < 1.29 is 27.9 Å².